The lowest BCUT2D eigenvalue weighted by Gasteiger charge is -2.09. The summed E-state index contributed by atoms with van der Waals surface area (Å²) in [4.78, 5) is 17.0. The molecule has 2 aromatic carbocycles. The van der Waals surface area contributed by atoms with Gasteiger partial charge in [-0.2, -0.15) is 0 Å². The summed E-state index contributed by atoms with van der Waals surface area (Å²) in [7, 11) is 0. The third-order valence-electron chi connectivity index (χ3n) is 4.68. The van der Waals surface area contributed by atoms with E-state index in [1.807, 2.05) is 42.5 Å². The predicted molar refractivity (Wildman–Crippen MR) is 114 cm³/mol. The fraction of sp³-hybridized carbons (Fsp3) is 0.238. The first-order chi connectivity index (χ1) is 13.7. The first-order valence-electron chi connectivity index (χ1n) is 9.33. The molecule has 6 nitrogen and oxygen atoms in total. The lowest BCUT2D eigenvalue weighted by molar-refractivity contribution is -0.113. The van der Waals surface area contributed by atoms with Crippen LogP contribution >= 0.6 is 11.8 Å². The molecule has 4 aromatic rings. The largest absolute Gasteiger partial charge is 0.325 e. The highest BCUT2D eigenvalue weighted by atomic mass is 32.2. The zero-order valence-electron chi connectivity index (χ0n) is 15.8. The van der Waals surface area contributed by atoms with Gasteiger partial charge in [-0.15, -0.1) is 10.2 Å². The maximum atomic E-state index is 12.4. The van der Waals surface area contributed by atoms with E-state index in [-0.39, 0.29) is 11.7 Å². The number of para-hydroxylation sites is 2. The van der Waals surface area contributed by atoms with Crippen LogP contribution in [-0.2, 0) is 17.8 Å². The first-order valence-corrected chi connectivity index (χ1v) is 10.3. The zero-order chi connectivity index (χ0) is 19.5. The molecule has 1 amide bonds. The van der Waals surface area contributed by atoms with Crippen LogP contribution in [0, 0.1) is 0 Å². The average Bonchev–Trinajstić information content (AvgIpc) is 3.05. The molecule has 0 saturated carbocycles. The van der Waals surface area contributed by atoms with Crippen molar-refractivity contribution >= 4 is 45.4 Å². The van der Waals surface area contributed by atoms with Crippen LogP contribution in [0.25, 0.3) is 22.1 Å². The van der Waals surface area contributed by atoms with Crippen LogP contribution in [0.15, 0.2) is 53.7 Å². The number of nitrogens with zero attached hydrogens (tertiary/aromatic N) is 4. The number of carbonyl (C=O) groups is 1. The fourth-order valence-electron chi connectivity index (χ4n) is 3.34. The van der Waals surface area contributed by atoms with E-state index in [9.17, 15) is 4.79 Å². The second kappa shape index (κ2) is 7.98. The van der Waals surface area contributed by atoms with Crippen molar-refractivity contribution in [2.24, 2.45) is 0 Å². The van der Waals surface area contributed by atoms with E-state index in [1.165, 1.54) is 11.8 Å². The van der Waals surface area contributed by atoms with Crippen molar-refractivity contribution in [1.29, 1.82) is 0 Å². The second-order valence-electron chi connectivity index (χ2n) is 6.38. The van der Waals surface area contributed by atoms with Crippen molar-refractivity contribution < 1.29 is 4.79 Å². The van der Waals surface area contributed by atoms with Crippen LogP contribution in [0.1, 0.15) is 19.4 Å². The van der Waals surface area contributed by atoms with Gasteiger partial charge in [0.2, 0.25) is 11.1 Å². The quantitative estimate of drug-likeness (QED) is 0.496. The van der Waals surface area contributed by atoms with E-state index in [4.69, 9.17) is 0 Å². The molecule has 0 fully saturated rings. The fourth-order valence-corrected chi connectivity index (χ4v) is 3.92. The minimum atomic E-state index is -0.0781. The van der Waals surface area contributed by atoms with E-state index in [2.05, 4.69) is 45.0 Å². The summed E-state index contributed by atoms with van der Waals surface area (Å²) in [6.07, 6.45) is 0.870. The minimum absolute atomic E-state index is 0.0781. The number of fused-ring (bicyclic) bond motifs is 3. The van der Waals surface area contributed by atoms with Crippen LogP contribution in [0.3, 0.4) is 0 Å². The smallest absolute Gasteiger partial charge is 0.234 e. The Bertz CT molecular complexity index is 1150. The van der Waals surface area contributed by atoms with Crippen molar-refractivity contribution in [1.82, 2.24) is 19.7 Å². The molecule has 2 aromatic heterocycles. The molecule has 0 unspecified atom stereocenters. The van der Waals surface area contributed by atoms with Crippen molar-refractivity contribution in [3.63, 3.8) is 0 Å². The van der Waals surface area contributed by atoms with Gasteiger partial charge in [-0.05, 0) is 31.0 Å². The number of aryl methyl sites for hydroxylation is 2. The maximum Gasteiger partial charge on any atom is 0.234 e. The molecule has 1 N–H and O–H groups in total. The monoisotopic (exact) mass is 391 g/mol. The first kappa shape index (κ1) is 18.4. The van der Waals surface area contributed by atoms with E-state index in [1.54, 1.807) is 0 Å². The van der Waals surface area contributed by atoms with E-state index in [0.29, 0.717) is 5.16 Å². The number of thioether (sulfide) groups is 1. The summed E-state index contributed by atoms with van der Waals surface area (Å²) in [6.45, 7) is 4.95. The Hall–Kier alpha value is -2.93. The van der Waals surface area contributed by atoms with Gasteiger partial charge in [0.05, 0.1) is 11.3 Å². The summed E-state index contributed by atoms with van der Waals surface area (Å²) in [5, 5.41) is 13.1. The Labute approximate surface area is 167 Å². The standard InChI is InChI=1S/C21H21N5OS/c1-3-14-9-5-7-11-16(14)22-18(27)13-28-21-23-20-19(24-25-21)15-10-6-8-12-17(15)26(20)4-2/h5-12H,3-4,13H2,1-2H3,(H,22,27). The molecule has 0 spiro atoms. The molecular formula is C21H21N5OS. The number of amides is 1. The molecule has 142 valence electrons. The number of hydrogen-bond donors (Lipinski definition) is 1. The van der Waals surface area contributed by atoms with Crippen molar-refractivity contribution in [3.8, 4) is 0 Å². The Morgan fingerprint density at radius 3 is 2.68 bits per heavy atom. The van der Waals surface area contributed by atoms with Crippen LogP contribution < -0.4 is 5.32 Å². The SMILES string of the molecule is CCc1ccccc1NC(=O)CSc1nnc2c3ccccc3n(CC)c2n1. The lowest BCUT2D eigenvalue weighted by Crippen LogP contribution is -2.15. The molecule has 7 heteroatoms. The highest BCUT2D eigenvalue weighted by Crippen LogP contribution is 2.27. The summed E-state index contributed by atoms with van der Waals surface area (Å²) in [5.41, 5.74) is 4.67. The molecule has 2 heterocycles. The topological polar surface area (TPSA) is 72.7 Å². The molecule has 4 rings (SSSR count). The molecule has 0 aliphatic carbocycles. The van der Waals surface area contributed by atoms with E-state index in [0.717, 1.165) is 46.3 Å². The Morgan fingerprint density at radius 2 is 1.86 bits per heavy atom. The van der Waals surface area contributed by atoms with Gasteiger partial charge in [0.1, 0.15) is 5.52 Å². The Balaban J connectivity index is 1.53. The number of carbonyl (C=O) groups excluding carboxylic acids is 1. The number of rotatable bonds is 6. The molecular weight excluding hydrogens is 370 g/mol. The summed E-state index contributed by atoms with van der Waals surface area (Å²) in [6, 6.07) is 15.9. The van der Waals surface area contributed by atoms with Gasteiger partial charge in [-0.25, -0.2) is 4.98 Å². The van der Waals surface area contributed by atoms with Crippen molar-refractivity contribution in [2.75, 3.05) is 11.1 Å². The maximum absolute atomic E-state index is 12.4. The number of nitrogens with one attached hydrogen (secondary N) is 1. The number of anilines is 1. The van der Waals surface area contributed by atoms with Gasteiger partial charge in [0.25, 0.3) is 0 Å². The van der Waals surface area contributed by atoms with E-state index >= 15 is 0 Å². The van der Waals surface area contributed by atoms with Gasteiger partial charge in [-0.1, -0.05) is 55.1 Å². The van der Waals surface area contributed by atoms with Crippen LogP contribution in [0.4, 0.5) is 5.69 Å². The summed E-state index contributed by atoms with van der Waals surface area (Å²) in [5.74, 6) is 0.156. The lowest BCUT2D eigenvalue weighted by atomic mass is 10.1. The molecule has 0 aliphatic rings. The summed E-state index contributed by atoms with van der Waals surface area (Å²) >= 11 is 1.30. The number of hydrogen-bond acceptors (Lipinski definition) is 5. The third kappa shape index (κ3) is 3.45. The van der Waals surface area contributed by atoms with Crippen molar-refractivity contribution in [2.45, 2.75) is 32.0 Å². The minimum Gasteiger partial charge on any atom is -0.325 e. The van der Waals surface area contributed by atoms with Crippen LogP contribution in [0.5, 0.6) is 0 Å². The van der Waals surface area contributed by atoms with Gasteiger partial charge < -0.3 is 9.88 Å². The van der Waals surface area contributed by atoms with Crippen molar-refractivity contribution in [3.05, 3.63) is 54.1 Å². The summed E-state index contributed by atoms with van der Waals surface area (Å²) < 4.78 is 2.13. The Kier molecular flexibility index (Phi) is 5.25. The molecule has 0 radical (unpaired) electrons. The third-order valence-corrected chi connectivity index (χ3v) is 5.51. The highest BCUT2D eigenvalue weighted by Gasteiger charge is 2.14. The normalized spacial score (nSPS) is 11.2. The number of benzene rings is 2. The average molecular weight is 392 g/mol. The molecule has 0 aliphatic heterocycles. The number of aromatic nitrogens is 4. The van der Waals surface area contributed by atoms with Gasteiger partial charge in [-0.3, -0.25) is 4.79 Å². The second-order valence-corrected chi connectivity index (χ2v) is 7.32. The van der Waals surface area contributed by atoms with Gasteiger partial charge in [0, 0.05) is 17.6 Å². The molecule has 0 atom stereocenters. The highest BCUT2D eigenvalue weighted by molar-refractivity contribution is 7.99. The Morgan fingerprint density at radius 1 is 1.07 bits per heavy atom. The molecule has 0 bridgehead atoms. The molecule has 0 saturated heterocycles. The molecule has 28 heavy (non-hydrogen) atoms. The zero-order valence-corrected chi connectivity index (χ0v) is 16.7. The van der Waals surface area contributed by atoms with Gasteiger partial charge >= 0.3 is 0 Å². The van der Waals surface area contributed by atoms with E-state index < -0.39 is 0 Å². The predicted octanol–water partition coefficient (Wildman–Crippen LogP) is 4.29. The van der Waals surface area contributed by atoms with Crippen LogP contribution in [-0.4, -0.2) is 31.4 Å². The van der Waals surface area contributed by atoms with Crippen LogP contribution in [0.2, 0.25) is 0 Å². The van der Waals surface area contributed by atoms with Gasteiger partial charge in [0.15, 0.2) is 5.65 Å².